The fourth-order valence-electron chi connectivity index (χ4n) is 5.09. The van der Waals surface area contributed by atoms with Crippen LogP contribution in [0.3, 0.4) is 0 Å². The first-order chi connectivity index (χ1) is 19.8. The number of primary sulfonamides is 1. The SMILES string of the molecule is C=CC(=O)N1CCN(c2nc(=O)n(-c3c(S(N)(=O)=O)ccnc3C)c3nc(-c4c(O)cccc4F)c(F)cc23)[C@@H](C)C1. The normalized spacial score (nSPS) is 15.7. The van der Waals surface area contributed by atoms with Crippen LogP contribution < -0.4 is 15.7 Å². The van der Waals surface area contributed by atoms with Crippen LogP contribution >= 0.6 is 0 Å². The Kier molecular flexibility index (Phi) is 7.24. The highest BCUT2D eigenvalue weighted by atomic mass is 32.2. The number of amides is 1. The number of piperazine rings is 1. The molecule has 4 heterocycles. The van der Waals surface area contributed by atoms with Crippen LogP contribution in [-0.4, -0.2) is 69.5 Å². The summed E-state index contributed by atoms with van der Waals surface area (Å²) in [7, 11) is -4.41. The number of anilines is 1. The predicted molar refractivity (Wildman–Crippen MR) is 150 cm³/mol. The molecule has 1 aromatic carbocycles. The highest BCUT2D eigenvalue weighted by Gasteiger charge is 2.31. The molecule has 12 nitrogen and oxygen atoms in total. The van der Waals surface area contributed by atoms with Crippen molar-refractivity contribution in [3.63, 3.8) is 0 Å². The molecule has 1 atom stereocenters. The number of aryl methyl sites for hydroxylation is 1. The number of carbonyl (C=O) groups excluding carboxylic acids is 1. The van der Waals surface area contributed by atoms with Crippen LogP contribution in [0.1, 0.15) is 12.6 Å². The van der Waals surface area contributed by atoms with Crippen molar-refractivity contribution in [3.05, 3.63) is 77.0 Å². The lowest BCUT2D eigenvalue weighted by Crippen LogP contribution is -2.54. The van der Waals surface area contributed by atoms with Gasteiger partial charge in [0.2, 0.25) is 15.9 Å². The van der Waals surface area contributed by atoms with E-state index in [0.29, 0.717) is 0 Å². The fourth-order valence-corrected chi connectivity index (χ4v) is 5.85. The van der Waals surface area contributed by atoms with Gasteiger partial charge in [0.15, 0.2) is 11.5 Å². The van der Waals surface area contributed by atoms with Gasteiger partial charge < -0.3 is 14.9 Å². The van der Waals surface area contributed by atoms with E-state index in [-0.39, 0.29) is 53.8 Å². The Balaban J connectivity index is 1.86. The molecule has 15 heteroatoms. The minimum absolute atomic E-state index is 0.0128. The lowest BCUT2D eigenvalue weighted by Gasteiger charge is -2.40. The first-order valence-corrected chi connectivity index (χ1v) is 14.2. The molecule has 3 aromatic heterocycles. The van der Waals surface area contributed by atoms with E-state index in [4.69, 9.17) is 5.14 Å². The Bertz CT molecular complexity index is 1930. The van der Waals surface area contributed by atoms with E-state index in [0.717, 1.165) is 28.8 Å². The zero-order valence-corrected chi connectivity index (χ0v) is 23.3. The monoisotopic (exact) mass is 597 g/mol. The maximum atomic E-state index is 15.7. The number of nitrogens with zero attached hydrogens (tertiary/aromatic N) is 6. The topological polar surface area (TPSA) is 165 Å². The van der Waals surface area contributed by atoms with Crippen LogP contribution in [-0.2, 0) is 14.8 Å². The van der Waals surface area contributed by atoms with Gasteiger partial charge in [-0.1, -0.05) is 12.6 Å². The van der Waals surface area contributed by atoms with Crippen molar-refractivity contribution in [1.82, 2.24) is 24.4 Å². The summed E-state index contributed by atoms with van der Waals surface area (Å²) in [6.07, 6.45) is 2.38. The number of aromatic hydroxyl groups is 1. The molecule has 1 fully saturated rings. The van der Waals surface area contributed by atoms with Crippen LogP contribution in [0.2, 0.25) is 0 Å². The number of fused-ring (bicyclic) bond motifs is 1. The number of sulfonamides is 1. The summed E-state index contributed by atoms with van der Waals surface area (Å²) in [6.45, 7) is 7.41. The number of phenols is 1. The van der Waals surface area contributed by atoms with Gasteiger partial charge in [-0.2, -0.15) is 4.98 Å². The number of rotatable bonds is 5. The lowest BCUT2D eigenvalue weighted by atomic mass is 10.1. The number of carbonyl (C=O) groups is 1. The zero-order chi connectivity index (χ0) is 30.5. The van der Waals surface area contributed by atoms with E-state index in [1.807, 2.05) is 0 Å². The van der Waals surface area contributed by atoms with Gasteiger partial charge in [-0.25, -0.2) is 36.7 Å². The summed E-state index contributed by atoms with van der Waals surface area (Å²) in [5, 5.41) is 15.8. The van der Waals surface area contributed by atoms with E-state index < -0.39 is 55.3 Å². The Labute approximate surface area is 238 Å². The number of hydrogen-bond acceptors (Lipinski definition) is 9. The van der Waals surface area contributed by atoms with E-state index in [1.54, 1.807) is 16.7 Å². The molecule has 4 aromatic rings. The Hall–Kier alpha value is -4.76. The Morgan fingerprint density at radius 3 is 2.57 bits per heavy atom. The van der Waals surface area contributed by atoms with Crippen molar-refractivity contribution in [3.8, 4) is 22.7 Å². The minimum atomic E-state index is -4.41. The van der Waals surface area contributed by atoms with E-state index in [1.165, 1.54) is 25.3 Å². The number of hydrogen-bond donors (Lipinski definition) is 2. The van der Waals surface area contributed by atoms with Crippen LogP contribution in [0, 0.1) is 18.6 Å². The second kappa shape index (κ2) is 10.6. The summed E-state index contributed by atoms with van der Waals surface area (Å²) in [5.41, 5.74) is -2.69. The van der Waals surface area contributed by atoms with Gasteiger partial charge in [-0.15, -0.1) is 0 Å². The lowest BCUT2D eigenvalue weighted by molar-refractivity contribution is -0.126. The molecule has 0 spiro atoms. The number of phenolic OH excluding ortho intramolecular Hbond substituents is 1. The second-order valence-electron chi connectivity index (χ2n) is 9.70. The Morgan fingerprint density at radius 1 is 1.19 bits per heavy atom. The van der Waals surface area contributed by atoms with Crippen molar-refractivity contribution in [2.45, 2.75) is 24.8 Å². The number of benzene rings is 1. The van der Waals surface area contributed by atoms with Crippen LogP contribution in [0.5, 0.6) is 5.75 Å². The molecule has 1 saturated heterocycles. The standard InChI is InChI=1S/C27H25F2N7O5S/c1-4-21(38)34-10-11-35(14(2)13-34)25-16-12-18(29)23(22-17(28)6-5-7-19(22)37)32-26(16)36(27(39)33-25)24-15(3)31-9-8-20(24)42(30,40)41/h4-9,12,14,37H,1,10-11,13H2,2-3H3,(H2,30,40,41)/t14-/m0/s1. The summed E-state index contributed by atoms with van der Waals surface area (Å²) in [6, 6.07) is 5.05. The first-order valence-electron chi connectivity index (χ1n) is 12.6. The third kappa shape index (κ3) is 4.86. The van der Waals surface area contributed by atoms with Gasteiger partial charge in [0.25, 0.3) is 0 Å². The van der Waals surface area contributed by atoms with E-state index >= 15 is 4.39 Å². The van der Waals surface area contributed by atoms with Crippen LogP contribution in [0.15, 0.2) is 58.9 Å². The number of nitrogens with two attached hydrogens (primary N) is 1. The summed E-state index contributed by atoms with van der Waals surface area (Å²) in [4.78, 5) is 41.3. The summed E-state index contributed by atoms with van der Waals surface area (Å²) in [5.74, 6) is -2.90. The maximum absolute atomic E-state index is 15.7. The van der Waals surface area contributed by atoms with Gasteiger partial charge in [0.1, 0.15) is 28.0 Å². The van der Waals surface area contributed by atoms with Gasteiger partial charge in [-0.05, 0) is 44.2 Å². The molecule has 0 unspecified atom stereocenters. The number of pyridine rings is 2. The van der Waals surface area contributed by atoms with Crippen molar-refractivity contribution in [2.24, 2.45) is 5.14 Å². The van der Waals surface area contributed by atoms with Crippen molar-refractivity contribution < 1.29 is 27.1 Å². The fraction of sp³-hybridized carbons (Fsp3) is 0.222. The molecule has 42 heavy (non-hydrogen) atoms. The van der Waals surface area contributed by atoms with Gasteiger partial charge >= 0.3 is 5.69 Å². The van der Waals surface area contributed by atoms with Gasteiger partial charge in [-0.3, -0.25) is 9.78 Å². The van der Waals surface area contributed by atoms with Crippen molar-refractivity contribution >= 4 is 32.8 Å². The molecule has 1 aliphatic rings. The smallest absolute Gasteiger partial charge is 0.355 e. The molecule has 5 rings (SSSR count). The summed E-state index contributed by atoms with van der Waals surface area (Å²) < 4.78 is 56.5. The Morgan fingerprint density at radius 2 is 1.93 bits per heavy atom. The predicted octanol–water partition coefficient (Wildman–Crippen LogP) is 2.01. The molecular formula is C27H25F2N7O5S. The first kappa shape index (κ1) is 28.8. The quantitative estimate of drug-likeness (QED) is 0.328. The highest BCUT2D eigenvalue weighted by molar-refractivity contribution is 7.89. The molecular weight excluding hydrogens is 572 g/mol. The summed E-state index contributed by atoms with van der Waals surface area (Å²) >= 11 is 0. The molecule has 0 radical (unpaired) electrons. The number of halogens is 2. The van der Waals surface area contributed by atoms with E-state index in [9.17, 15) is 27.5 Å². The van der Waals surface area contributed by atoms with Gasteiger partial charge in [0.05, 0.1) is 22.3 Å². The van der Waals surface area contributed by atoms with Gasteiger partial charge in [0, 0.05) is 31.9 Å². The molecule has 0 saturated carbocycles. The molecule has 1 aliphatic heterocycles. The number of aromatic nitrogens is 4. The zero-order valence-electron chi connectivity index (χ0n) is 22.5. The van der Waals surface area contributed by atoms with Crippen LogP contribution in [0.25, 0.3) is 28.0 Å². The average Bonchev–Trinajstić information content (AvgIpc) is 2.92. The third-order valence-corrected chi connectivity index (χ3v) is 7.96. The highest BCUT2D eigenvalue weighted by Crippen LogP contribution is 2.36. The maximum Gasteiger partial charge on any atom is 0.355 e. The second-order valence-corrected chi connectivity index (χ2v) is 11.2. The minimum Gasteiger partial charge on any atom is -0.507 e. The molecule has 3 N–H and O–H groups in total. The van der Waals surface area contributed by atoms with E-state index in [2.05, 4.69) is 21.5 Å². The molecule has 1 amide bonds. The van der Waals surface area contributed by atoms with Crippen molar-refractivity contribution in [1.29, 1.82) is 0 Å². The van der Waals surface area contributed by atoms with Crippen molar-refractivity contribution in [2.75, 3.05) is 24.5 Å². The van der Waals surface area contributed by atoms with Crippen LogP contribution in [0.4, 0.5) is 14.6 Å². The largest absolute Gasteiger partial charge is 0.507 e. The molecule has 218 valence electrons. The third-order valence-electron chi connectivity index (χ3n) is 7.02. The average molecular weight is 598 g/mol. The molecule has 0 bridgehead atoms. The molecule has 0 aliphatic carbocycles.